The molecule has 3 heterocycles. The molecule has 15 heteroatoms. The Labute approximate surface area is 200 Å². The summed E-state index contributed by atoms with van der Waals surface area (Å²) in [7, 11) is 0.750. The number of amidine groups is 1. The largest absolute Gasteiger partial charge is 1.00 e. The van der Waals surface area contributed by atoms with Crippen molar-refractivity contribution in [3.05, 3.63) is 42.9 Å². The van der Waals surface area contributed by atoms with Crippen LogP contribution in [-0.4, -0.2) is 67.2 Å². The number of aromatic nitrogens is 7. The van der Waals surface area contributed by atoms with Crippen LogP contribution in [0.4, 0.5) is 5.95 Å². The topological polar surface area (TPSA) is 244 Å². The summed E-state index contributed by atoms with van der Waals surface area (Å²) in [6, 6.07) is 3.23. The summed E-state index contributed by atoms with van der Waals surface area (Å²) in [5.41, 5.74) is 15.9. The van der Waals surface area contributed by atoms with E-state index < -0.39 is 5.97 Å². The summed E-state index contributed by atoms with van der Waals surface area (Å²) < 4.78 is 4.70. The quantitative estimate of drug-likeness (QED) is 0.111. The maximum atomic E-state index is 10.9. The van der Waals surface area contributed by atoms with Crippen molar-refractivity contribution < 1.29 is 44.2 Å². The molecule has 0 fully saturated rings. The van der Waals surface area contributed by atoms with Crippen molar-refractivity contribution >= 4 is 17.8 Å². The Bertz CT molecular complexity index is 850. The minimum Gasteiger partial charge on any atom is -0.857 e. The number of hydrogen-bond donors (Lipinski definition) is 5. The number of H-pyrrole nitrogens is 1. The van der Waals surface area contributed by atoms with Crippen molar-refractivity contribution in [2.24, 2.45) is 11.5 Å². The summed E-state index contributed by atoms with van der Waals surface area (Å²) in [5.74, 6) is 0.387. The van der Waals surface area contributed by atoms with Gasteiger partial charge in [-0.3, -0.25) is 10.5 Å². The molecule has 3 aromatic rings. The van der Waals surface area contributed by atoms with Gasteiger partial charge in [-0.1, -0.05) is 0 Å². The molecule has 3 aromatic heterocycles. The number of nitrogens with one attached hydrogen (secondary N) is 2. The monoisotopic (exact) mass is 441 g/mol. The van der Waals surface area contributed by atoms with Crippen molar-refractivity contribution in [3.63, 3.8) is 0 Å². The molecule has 0 bridgehead atoms. The second-order valence-electron chi connectivity index (χ2n) is 4.68. The Morgan fingerprint density at radius 2 is 1.77 bits per heavy atom. The maximum Gasteiger partial charge on any atom is 1.00 e. The normalized spacial score (nSPS) is 8.52. The van der Waals surface area contributed by atoms with E-state index in [0.29, 0.717) is 23.8 Å². The first-order valence-electron chi connectivity index (χ1n) is 8.29. The molecule has 0 radical (unpaired) electrons. The zero-order valence-electron chi connectivity index (χ0n) is 17.5. The standard InChI is InChI=1S/C7H8N2O2.C6H6N6.C2H7N3.CH3O.Na/c1-2-11-7(10)6-3-4-8-5-9-6;7-6-10-5(11-12-6)4-1-2-8-3-9-4;3-1-2(4)5;1-2;/h3-5H,2H2,1H3;1-3H,(H3,7,10,11,12);1,3H2,(H3,4,5);1H3;/q;;;-1;+1. The molecule has 0 spiro atoms. The van der Waals surface area contributed by atoms with E-state index in [4.69, 9.17) is 32.5 Å². The maximum absolute atomic E-state index is 10.9. The Kier molecular flexibility index (Phi) is 18.4. The average molecular weight is 441 g/mol. The number of anilines is 1. The molecular formula is C16H24N11NaO3. The molecule has 31 heavy (non-hydrogen) atoms. The molecule has 0 aliphatic carbocycles. The smallest absolute Gasteiger partial charge is 0.857 e. The molecule has 0 aliphatic rings. The van der Waals surface area contributed by atoms with E-state index in [2.05, 4.69) is 35.1 Å². The predicted molar refractivity (Wildman–Crippen MR) is 107 cm³/mol. The Hall–Kier alpha value is -3.04. The van der Waals surface area contributed by atoms with Crippen LogP contribution >= 0.6 is 0 Å². The number of ether oxygens (including phenoxy) is 1. The first-order valence-corrected chi connectivity index (χ1v) is 8.29. The predicted octanol–water partition coefficient (Wildman–Crippen LogP) is -4.64. The summed E-state index contributed by atoms with van der Waals surface area (Å²) in [6.45, 7) is 2.28. The van der Waals surface area contributed by atoms with Crippen molar-refractivity contribution in [2.45, 2.75) is 6.92 Å². The third-order valence-electron chi connectivity index (χ3n) is 2.61. The van der Waals surface area contributed by atoms with Gasteiger partial charge in [-0.15, -0.1) is 5.10 Å². The molecule has 8 N–H and O–H groups in total. The van der Waals surface area contributed by atoms with E-state index in [-0.39, 0.29) is 47.9 Å². The van der Waals surface area contributed by atoms with E-state index in [1.807, 2.05) is 0 Å². The van der Waals surface area contributed by atoms with Gasteiger partial charge in [-0.2, -0.15) is 12.1 Å². The second-order valence-corrected chi connectivity index (χ2v) is 4.68. The number of rotatable bonds is 4. The van der Waals surface area contributed by atoms with Gasteiger partial charge >= 0.3 is 35.5 Å². The third kappa shape index (κ3) is 13.7. The Balaban J connectivity index is 0. The van der Waals surface area contributed by atoms with Crippen molar-refractivity contribution in [3.8, 4) is 11.5 Å². The number of nitrogens with zero attached hydrogens (tertiary/aromatic N) is 6. The molecule has 0 saturated heterocycles. The Morgan fingerprint density at radius 1 is 1.19 bits per heavy atom. The average Bonchev–Trinajstić information content (AvgIpc) is 3.24. The number of nitrogen functional groups attached to an aromatic ring is 1. The van der Waals surface area contributed by atoms with E-state index in [9.17, 15) is 4.79 Å². The summed E-state index contributed by atoms with van der Waals surface area (Å²) in [5, 5.41) is 21.0. The number of esters is 1. The van der Waals surface area contributed by atoms with E-state index in [1.54, 1.807) is 19.2 Å². The van der Waals surface area contributed by atoms with E-state index in [1.165, 1.54) is 24.9 Å². The summed E-state index contributed by atoms with van der Waals surface area (Å²) in [6.07, 6.45) is 5.88. The van der Waals surface area contributed by atoms with Crippen LogP contribution in [0.5, 0.6) is 0 Å². The van der Waals surface area contributed by atoms with Gasteiger partial charge in [-0.05, 0) is 19.1 Å². The van der Waals surface area contributed by atoms with Crippen molar-refractivity contribution in [2.75, 3.05) is 26.0 Å². The van der Waals surface area contributed by atoms with Gasteiger partial charge in [-0.25, -0.2) is 24.7 Å². The van der Waals surface area contributed by atoms with Crippen LogP contribution in [0.3, 0.4) is 0 Å². The fraction of sp³-hybridized carbons (Fsp3) is 0.250. The van der Waals surface area contributed by atoms with Crippen LogP contribution in [0.2, 0.25) is 0 Å². The van der Waals surface area contributed by atoms with E-state index in [0.717, 1.165) is 7.11 Å². The third-order valence-corrected chi connectivity index (χ3v) is 2.61. The van der Waals surface area contributed by atoms with Gasteiger partial charge < -0.3 is 27.0 Å². The molecule has 3 rings (SSSR count). The minimum absolute atomic E-state index is 0. The molecular weight excluding hydrogens is 417 g/mol. The Morgan fingerprint density at radius 3 is 2.16 bits per heavy atom. The second kappa shape index (κ2) is 19.0. The minimum atomic E-state index is -0.407. The fourth-order valence-electron chi connectivity index (χ4n) is 1.44. The molecule has 0 unspecified atom stereocenters. The first-order chi connectivity index (χ1) is 14.5. The van der Waals surface area contributed by atoms with Crippen LogP contribution in [0.25, 0.3) is 11.5 Å². The molecule has 14 nitrogen and oxygen atoms in total. The van der Waals surface area contributed by atoms with Crippen molar-refractivity contribution in [1.82, 2.24) is 35.1 Å². The van der Waals surface area contributed by atoms with Gasteiger partial charge in [0, 0.05) is 12.4 Å². The van der Waals surface area contributed by atoms with Crippen LogP contribution < -0.4 is 51.9 Å². The van der Waals surface area contributed by atoms with Crippen LogP contribution in [0.1, 0.15) is 17.4 Å². The van der Waals surface area contributed by atoms with Gasteiger partial charge in [0.05, 0.1) is 13.2 Å². The van der Waals surface area contributed by atoms with Crippen LogP contribution in [-0.2, 0) is 4.74 Å². The van der Waals surface area contributed by atoms with Gasteiger partial charge in [0.15, 0.2) is 11.5 Å². The fourth-order valence-corrected chi connectivity index (χ4v) is 1.44. The number of carbonyl (C=O) groups excluding carboxylic acids is 1. The first kappa shape index (κ1) is 30.2. The summed E-state index contributed by atoms with van der Waals surface area (Å²) >= 11 is 0. The molecule has 0 saturated carbocycles. The van der Waals surface area contributed by atoms with Gasteiger partial charge in [0.1, 0.15) is 24.2 Å². The van der Waals surface area contributed by atoms with Gasteiger partial charge in [0.25, 0.3) is 0 Å². The van der Waals surface area contributed by atoms with E-state index >= 15 is 0 Å². The van der Waals surface area contributed by atoms with Crippen LogP contribution in [0, 0.1) is 5.41 Å². The number of carbonyl (C=O) groups is 1. The number of aromatic amines is 1. The molecule has 0 aliphatic heterocycles. The molecule has 0 atom stereocenters. The molecule has 162 valence electrons. The number of nitrogens with two attached hydrogens (primary N) is 3. The van der Waals surface area contributed by atoms with Crippen molar-refractivity contribution in [1.29, 1.82) is 5.41 Å². The zero-order chi connectivity index (χ0) is 22.8. The molecule has 0 aromatic carbocycles. The zero-order valence-corrected chi connectivity index (χ0v) is 19.5. The number of hydrogen-bond acceptors (Lipinski definition) is 12. The molecule has 0 amide bonds. The van der Waals surface area contributed by atoms with Crippen LogP contribution in [0.15, 0.2) is 37.2 Å². The summed E-state index contributed by atoms with van der Waals surface area (Å²) in [4.78, 5) is 29.9. The SMILES string of the molecule is CCOC(=O)c1ccncn1.C[O-].N=C(N)CN.Nc1n[nH]c(-c2ccncn2)n1.[Na+]. The van der Waals surface area contributed by atoms with Gasteiger partial charge in [0.2, 0.25) is 5.95 Å².